The van der Waals surface area contributed by atoms with Gasteiger partial charge in [-0.15, -0.1) is 11.3 Å². The van der Waals surface area contributed by atoms with Crippen LogP contribution < -0.4 is 5.56 Å². The SMILES string of the molecule is Cc1ncsc1C(=O)N1CCCC1c1nc2ccccc2c(=O)n1CC(F)(F)F. The summed E-state index contributed by atoms with van der Waals surface area (Å²) < 4.78 is 40.4. The minimum Gasteiger partial charge on any atom is -0.328 e. The van der Waals surface area contributed by atoms with Crippen molar-refractivity contribution in [3.8, 4) is 0 Å². The van der Waals surface area contributed by atoms with Crippen LogP contribution in [0.5, 0.6) is 0 Å². The molecule has 0 spiro atoms. The van der Waals surface area contributed by atoms with Crippen LogP contribution in [0.1, 0.15) is 40.1 Å². The zero-order valence-electron chi connectivity index (χ0n) is 15.4. The molecular weight excluding hydrogens is 405 g/mol. The van der Waals surface area contributed by atoms with Crippen LogP contribution in [-0.2, 0) is 6.54 Å². The Balaban J connectivity index is 1.85. The van der Waals surface area contributed by atoms with E-state index >= 15 is 0 Å². The smallest absolute Gasteiger partial charge is 0.328 e. The summed E-state index contributed by atoms with van der Waals surface area (Å²) in [6.45, 7) is 0.648. The Labute approximate surface area is 167 Å². The zero-order valence-corrected chi connectivity index (χ0v) is 16.3. The fourth-order valence-corrected chi connectivity index (χ4v) is 4.45. The van der Waals surface area contributed by atoms with Gasteiger partial charge in [0.05, 0.1) is 28.1 Å². The Bertz CT molecular complexity index is 1140. The number of fused-ring (bicyclic) bond motifs is 1. The van der Waals surface area contributed by atoms with Gasteiger partial charge >= 0.3 is 6.18 Å². The van der Waals surface area contributed by atoms with E-state index < -0.39 is 24.3 Å². The van der Waals surface area contributed by atoms with Crippen molar-refractivity contribution in [2.45, 2.75) is 38.5 Å². The highest BCUT2D eigenvalue weighted by atomic mass is 32.1. The topological polar surface area (TPSA) is 68.1 Å². The lowest BCUT2D eigenvalue weighted by Crippen LogP contribution is -2.37. The van der Waals surface area contributed by atoms with E-state index in [0.717, 1.165) is 0 Å². The first-order chi connectivity index (χ1) is 13.8. The maximum absolute atomic E-state index is 13.2. The first kappa shape index (κ1) is 19.6. The van der Waals surface area contributed by atoms with E-state index in [0.29, 0.717) is 40.0 Å². The molecule has 3 heterocycles. The molecule has 0 saturated carbocycles. The van der Waals surface area contributed by atoms with Gasteiger partial charge in [-0.1, -0.05) is 12.1 Å². The maximum Gasteiger partial charge on any atom is 0.406 e. The highest BCUT2D eigenvalue weighted by Crippen LogP contribution is 2.34. The van der Waals surface area contributed by atoms with Crippen LogP contribution in [0.3, 0.4) is 0 Å². The lowest BCUT2D eigenvalue weighted by molar-refractivity contribution is -0.141. The van der Waals surface area contributed by atoms with E-state index in [4.69, 9.17) is 0 Å². The standard InChI is InChI=1S/C19H17F3N4O2S/c1-11-15(29-10-23-11)18(28)25-8-4-7-14(25)16-24-13-6-3-2-5-12(13)17(27)26(16)9-19(20,21)22/h2-3,5-6,10,14H,4,7-9H2,1H3. The summed E-state index contributed by atoms with van der Waals surface area (Å²) in [7, 11) is 0. The number of aromatic nitrogens is 3. The number of alkyl halides is 3. The van der Waals surface area contributed by atoms with E-state index in [1.807, 2.05) is 0 Å². The molecule has 6 nitrogen and oxygen atoms in total. The van der Waals surface area contributed by atoms with Crippen LogP contribution in [0, 0.1) is 6.92 Å². The van der Waals surface area contributed by atoms with E-state index in [2.05, 4.69) is 9.97 Å². The number of likely N-dealkylation sites (tertiary alicyclic amines) is 1. The number of carbonyl (C=O) groups excluding carboxylic acids is 1. The number of nitrogens with zero attached hydrogens (tertiary/aromatic N) is 4. The zero-order chi connectivity index (χ0) is 20.8. The van der Waals surface area contributed by atoms with E-state index in [-0.39, 0.29) is 17.1 Å². The highest BCUT2D eigenvalue weighted by molar-refractivity contribution is 7.11. The Hall–Kier alpha value is -2.75. The lowest BCUT2D eigenvalue weighted by atomic mass is 10.1. The minimum atomic E-state index is -4.59. The van der Waals surface area contributed by atoms with Crippen LogP contribution in [0.15, 0.2) is 34.6 Å². The van der Waals surface area contributed by atoms with Gasteiger partial charge in [-0.25, -0.2) is 9.97 Å². The number of halogens is 3. The van der Waals surface area contributed by atoms with Crippen LogP contribution >= 0.6 is 11.3 Å². The molecule has 0 radical (unpaired) electrons. The van der Waals surface area contributed by atoms with E-state index in [1.165, 1.54) is 22.3 Å². The minimum absolute atomic E-state index is 0.0287. The number of rotatable bonds is 3. The van der Waals surface area contributed by atoms with E-state index in [1.54, 1.807) is 30.6 Å². The quantitative estimate of drug-likeness (QED) is 0.646. The van der Waals surface area contributed by atoms with Crippen molar-refractivity contribution in [2.24, 2.45) is 0 Å². The van der Waals surface area contributed by atoms with Gasteiger partial charge in [0.1, 0.15) is 17.2 Å². The molecule has 2 aromatic heterocycles. The monoisotopic (exact) mass is 422 g/mol. The van der Waals surface area contributed by atoms with Crippen molar-refractivity contribution in [1.29, 1.82) is 0 Å². The van der Waals surface area contributed by atoms with Crippen LogP contribution in [-0.4, -0.2) is 38.1 Å². The summed E-state index contributed by atoms with van der Waals surface area (Å²) in [5, 5.41) is 0.120. The normalized spacial score (nSPS) is 17.2. The predicted octanol–water partition coefficient (Wildman–Crippen LogP) is 3.70. The third kappa shape index (κ3) is 3.64. The molecule has 29 heavy (non-hydrogen) atoms. The summed E-state index contributed by atoms with van der Waals surface area (Å²) in [6.07, 6.45) is -3.54. The third-order valence-corrected chi connectivity index (χ3v) is 5.90. The number of carbonyl (C=O) groups is 1. The molecule has 0 bridgehead atoms. The molecule has 10 heteroatoms. The average molecular weight is 422 g/mol. The first-order valence-electron chi connectivity index (χ1n) is 9.03. The molecule has 152 valence electrons. The molecule has 1 saturated heterocycles. The van der Waals surface area contributed by atoms with Gasteiger partial charge in [0.2, 0.25) is 0 Å². The van der Waals surface area contributed by atoms with Gasteiger partial charge in [-0.3, -0.25) is 14.2 Å². The van der Waals surface area contributed by atoms with Crippen LogP contribution in [0.4, 0.5) is 13.2 Å². The molecule has 0 N–H and O–H groups in total. The Morgan fingerprint density at radius 3 is 2.76 bits per heavy atom. The summed E-state index contributed by atoms with van der Waals surface area (Å²) in [6, 6.07) is 5.60. The number of amides is 1. The third-order valence-electron chi connectivity index (χ3n) is 4.98. The van der Waals surface area contributed by atoms with Crippen molar-refractivity contribution in [3.05, 3.63) is 56.5 Å². The number of hydrogen-bond acceptors (Lipinski definition) is 5. The summed E-state index contributed by atoms with van der Waals surface area (Å²) in [5.41, 5.74) is 1.70. The fraction of sp³-hybridized carbons (Fsp3) is 0.368. The van der Waals surface area contributed by atoms with Crippen molar-refractivity contribution >= 4 is 28.1 Å². The Morgan fingerprint density at radius 2 is 2.07 bits per heavy atom. The first-order valence-corrected chi connectivity index (χ1v) is 9.91. The molecule has 1 aliphatic rings. The largest absolute Gasteiger partial charge is 0.406 e. The van der Waals surface area contributed by atoms with Crippen LogP contribution in [0.25, 0.3) is 10.9 Å². The molecule has 1 aromatic carbocycles. The number of aryl methyl sites for hydroxylation is 1. The van der Waals surface area contributed by atoms with Crippen molar-refractivity contribution in [2.75, 3.05) is 6.54 Å². The fourth-order valence-electron chi connectivity index (χ4n) is 3.69. The molecule has 3 aromatic rings. The van der Waals surface area contributed by atoms with Crippen molar-refractivity contribution < 1.29 is 18.0 Å². The number of benzene rings is 1. The number of thiazole rings is 1. The Morgan fingerprint density at radius 1 is 1.31 bits per heavy atom. The van der Waals surface area contributed by atoms with Gasteiger partial charge in [0.15, 0.2) is 0 Å². The molecule has 1 amide bonds. The van der Waals surface area contributed by atoms with E-state index in [9.17, 15) is 22.8 Å². The second-order valence-electron chi connectivity index (χ2n) is 6.92. The van der Waals surface area contributed by atoms with Gasteiger partial charge in [-0.05, 0) is 31.9 Å². The molecule has 1 fully saturated rings. The molecule has 1 atom stereocenters. The molecular formula is C19H17F3N4O2S. The number of hydrogen-bond donors (Lipinski definition) is 0. The van der Waals surface area contributed by atoms with Crippen molar-refractivity contribution in [3.63, 3.8) is 0 Å². The summed E-state index contributed by atoms with van der Waals surface area (Å²) >= 11 is 1.19. The second-order valence-corrected chi connectivity index (χ2v) is 7.77. The highest BCUT2D eigenvalue weighted by Gasteiger charge is 2.37. The van der Waals surface area contributed by atoms with Gasteiger partial charge < -0.3 is 4.90 Å². The average Bonchev–Trinajstić information content (AvgIpc) is 3.31. The molecule has 1 aliphatic heterocycles. The lowest BCUT2D eigenvalue weighted by Gasteiger charge is -2.27. The summed E-state index contributed by atoms with van der Waals surface area (Å²) in [5.74, 6) is -0.326. The predicted molar refractivity (Wildman–Crippen MR) is 102 cm³/mol. The van der Waals surface area contributed by atoms with Gasteiger partial charge in [0, 0.05) is 6.54 Å². The van der Waals surface area contributed by atoms with Gasteiger partial charge in [-0.2, -0.15) is 13.2 Å². The number of para-hydroxylation sites is 1. The van der Waals surface area contributed by atoms with Gasteiger partial charge in [0.25, 0.3) is 11.5 Å². The van der Waals surface area contributed by atoms with Crippen molar-refractivity contribution in [1.82, 2.24) is 19.4 Å². The van der Waals surface area contributed by atoms with Crippen LogP contribution in [0.2, 0.25) is 0 Å². The molecule has 1 unspecified atom stereocenters. The molecule has 4 rings (SSSR count). The Kier molecular flexibility index (Phi) is 4.89. The second kappa shape index (κ2) is 7.25. The molecule has 0 aliphatic carbocycles. The maximum atomic E-state index is 13.2. The summed E-state index contributed by atoms with van der Waals surface area (Å²) in [4.78, 5) is 36.3.